The summed E-state index contributed by atoms with van der Waals surface area (Å²) in [6.45, 7) is 3.83. The van der Waals surface area contributed by atoms with Crippen LogP contribution in [0.3, 0.4) is 0 Å². The van der Waals surface area contributed by atoms with Gasteiger partial charge in [-0.15, -0.1) is 0 Å². The fourth-order valence-corrected chi connectivity index (χ4v) is 15.1. The number of ether oxygens (including phenoxy) is 4. The van der Waals surface area contributed by atoms with Crippen molar-refractivity contribution < 1.29 is 28.5 Å². The van der Waals surface area contributed by atoms with E-state index in [4.69, 9.17) is 18.9 Å². The fourth-order valence-electron chi connectivity index (χ4n) is 15.1. The van der Waals surface area contributed by atoms with Crippen LogP contribution in [0.25, 0.3) is 0 Å². The third-order valence-corrected chi connectivity index (χ3v) is 15.8. The van der Waals surface area contributed by atoms with E-state index in [-0.39, 0.29) is 36.0 Å². The molecule has 6 nitrogen and oxygen atoms in total. The predicted octanol–water partition coefficient (Wildman–Crippen LogP) is 7.08. The van der Waals surface area contributed by atoms with Crippen LogP contribution in [0.4, 0.5) is 0 Å². The van der Waals surface area contributed by atoms with E-state index in [1.807, 2.05) is 0 Å². The third kappa shape index (κ3) is 4.10. The van der Waals surface area contributed by atoms with Crippen molar-refractivity contribution >= 4 is 11.9 Å². The van der Waals surface area contributed by atoms with Crippen molar-refractivity contribution in [1.82, 2.24) is 0 Å². The van der Waals surface area contributed by atoms with Crippen LogP contribution in [0.2, 0.25) is 0 Å². The zero-order valence-electron chi connectivity index (χ0n) is 27.0. The van der Waals surface area contributed by atoms with Crippen molar-refractivity contribution in [3.8, 4) is 0 Å². The van der Waals surface area contributed by atoms with Gasteiger partial charge in [0.25, 0.3) is 0 Å². The number of esters is 2. The highest BCUT2D eigenvalue weighted by Crippen LogP contribution is 2.66. The maximum Gasteiger partial charge on any atom is 0.312 e. The summed E-state index contributed by atoms with van der Waals surface area (Å²) in [5.74, 6) is 5.39. The zero-order chi connectivity index (χ0) is 29.5. The quantitative estimate of drug-likeness (QED) is 0.301. The smallest absolute Gasteiger partial charge is 0.312 e. The van der Waals surface area contributed by atoms with Gasteiger partial charge in [-0.2, -0.15) is 0 Å². The molecule has 13 rings (SSSR count). The molecule has 0 amide bonds. The Morgan fingerprint density at radius 1 is 0.545 bits per heavy atom. The molecule has 13 aliphatic rings. The van der Waals surface area contributed by atoms with Crippen LogP contribution in [0, 0.1) is 74.9 Å². The van der Waals surface area contributed by atoms with Crippen molar-refractivity contribution in [3.05, 3.63) is 0 Å². The van der Waals surface area contributed by atoms with Crippen LogP contribution in [0.5, 0.6) is 0 Å². The molecular weight excluding hydrogens is 552 g/mol. The van der Waals surface area contributed by atoms with Gasteiger partial charge in [-0.1, -0.05) is 6.92 Å². The SMILES string of the molecule is CC12CC3CC(C1)C1(OCC(COC(=O)C45CC6CC(CC(C6)C4)C5)(COC(=O)C45CC6CC(CC(C6)C4)C5)CO1)C(C3)C2. The van der Waals surface area contributed by atoms with Gasteiger partial charge in [0, 0.05) is 11.8 Å². The lowest BCUT2D eigenvalue weighted by molar-refractivity contribution is -0.392. The third-order valence-electron chi connectivity index (χ3n) is 15.8. The monoisotopic (exact) mass is 606 g/mol. The Labute approximate surface area is 263 Å². The Kier molecular flexibility index (Phi) is 5.88. The molecule has 0 aromatic rings. The van der Waals surface area contributed by atoms with Gasteiger partial charge >= 0.3 is 11.9 Å². The van der Waals surface area contributed by atoms with Gasteiger partial charge in [-0.25, -0.2) is 0 Å². The molecule has 44 heavy (non-hydrogen) atoms. The predicted molar refractivity (Wildman–Crippen MR) is 162 cm³/mol. The number of hydrogen-bond acceptors (Lipinski definition) is 6. The molecule has 1 aliphatic heterocycles. The van der Waals surface area contributed by atoms with Crippen LogP contribution >= 0.6 is 0 Å². The van der Waals surface area contributed by atoms with Gasteiger partial charge in [0.2, 0.25) is 0 Å². The largest absolute Gasteiger partial charge is 0.464 e. The molecule has 242 valence electrons. The van der Waals surface area contributed by atoms with E-state index in [2.05, 4.69) is 6.92 Å². The molecule has 1 saturated heterocycles. The van der Waals surface area contributed by atoms with E-state index in [0.717, 1.165) is 44.4 Å². The van der Waals surface area contributed by atoms with Crippen LogP contribution in [-0.2, 0) is 28.5 Å². The van der Waals surface area contributed by atoms with Crippen LogP contribution in [0.15, 0.2) is 0 Å². The van der Waals surface area contributed by atoms with Gasteiger partial charge in [0.05, 0.1) is 29.5 Å². The summed E-state index contributed by atoms with van der Waals surface area (Å²) in [5, 5.41) is 0. The lowest BCUT2D eigenvalue weighted by Gasteiger charge is -2.65. The van der Waals surface area contributed by atoms with Gasteiger partial charge in [0.1, 0.15) is 13.2 Å². The molecule has 1 heterocycles. The molecular formula is C38H54O6. The van der Waals surface area contributed by atoms with E-state index in [9.17, 15) is 9.59 Å². The molecule has 13 fully saturated rings. The van der Waals surface area contributed by atoms with Crippen molar-refractivity contribution in [2.45, 2.75) is 122 Å². The van der Waals surface area contributed by atoms with Crippen molar-refractivity contribution in [1.29, 1.82) is 0 Å². The summed E-state index contributed by atoms with van der Waals surface area (Å²) >= 11 is 0. The van der Waals surface area contributed by atoms with Gasteiger partial charge in [0.15, 0.2) is 5.79 Å². The average molecular weight is 607 g/mol. The Morgan fingerprint density at radius 2 is 0.909 bits per heavy atom. The maximum absolute atomic E-state index is 14.0. The minimum absolute atomic E-state index is 0.00576. The highest BCUT2D eigenvalue weighted by atomic mass is 16.7. The average Bonchev–Trinajstić information content (AvgIpc) is 2.96. The second-order valence-corrected chi connectivity index (χ2v) is 19.5. The topological polar surface area (TPSA) is 71.1 Å². The molecule has 6 heteroatoms. The first kappa shape index (κ1) is 27.9. The fraction of sp³-hybridized carbons (Fsp3) is 0.947. The van der Waals surface area contributed by atoms with Crippen molar-refractivity contribution in [3.63, 3.8) is 0 Å². The van der Waals surface area contributed by atoms with E-state index in [0.29, 0.717) is 66.0 Å². The first-order valence-corrected chi connectivity index (χ1v) is 18.8. The zero-order valence-corrected chi connectivity index (χ0v) is 27.0. The summed E-state index contributed by atoms with van der Waals surface area (Å²) in [7, 11) is 0. The highest BCUT2D eigenvalue weighted by Gasteiger charge is 2.65. The minimum atomic E-state index is -0.639. The normalized spacial score (nSPS) is 57.2. The highest BCUT2D eigenvalue weighted by molar-refractivity contribution is 5.78. The molecule has 2 unspecified atom stereocenters. The Bertz CT molecular complexity index is 1080. The Balaban J connectivity index is 0.877. The van der Waals surface area contributed by atoms with E-state index >= 15 is 0 Å². The lowest BCUT2D eigenvalue weighted by atomic mass is 9.47. The molecule has 0 aromatic carbocycles. The van der Waals surface area contributed by atoms with Crippen LogP contribution in [0.1, 0.15) is 116 Å². The minimum Gasteiger partial charge on any atom is -0.464 e. The Morgan fingerprint density at radius 3 is 1.27 bits per heavy atom. The Hall–Kier alpha value is -1.14. The van der Waals surface area contributed by atoms with Gasteiger partial charge in [-0.05, 0) is 156 Å². The number of hydrogen-bond donors (Lipinski definition) is 0. The number of carbonyl (C=O) groups is 2. The van der Waals surface area contributed by atoms with Crippen molar-refractivity contribution in [2.75, 3.05) is 26.4 Å². The standard InChI is InChI=1S/C38H54O6/c1-34-10-29-8-30(17-34)38(31(9-29)18-34)43-21-35(22-44-38,19-41-32(39)36-11-23-2-24(12-36)4-25(3-23)13-36)20-42-33(40)37-14-26-5-27(15-37)7-28(6-26)16-37/h23-31H,2-22H2,1H3. The van der Waals surface area contributed by atoms with Gasteiger partial charge < -0.3 is 18.9 Å². The molecule has 0 radical (unpaired) electrons. The van der Waals surface area contributed by atoms with E-state index in [1.54, 1.807) is 0 Å². The summed E-state index contributed by atoms with van der Waals surface area (Å²) in [4.78, 5) is 27.9. The van der Waals surface area contributed by atoms with Crippen LogP contribution in [-0.4, -0.2) is 44.2 Å². The maximum atomic E-state index is 14.0. The second-order valence-electron chi connectivity index (χ2n) is 19.5. The summed E-state index contributed by atoms with van der Waals surface area (Å²) in [5.41, 5.74) is -0.788. The summed E-state index contributed by atoms with van der Waals surface area (Å²) in [6, 6.07) is 0. The van der Waals surface area contributed by atoms with Crippen molar-refractivity contribution in [2.24, 2.45) is 74.9 Å². The second kappa shape index (κ2) is 9.26. The molecule has 12 saturated carbocycles. The summed E-state index contributed by atoms with van der Waals surface area (Å²) < 4.78 is 26.7. The van der Waals surface area contributed by atoms with E-state index in [1.165, 1.54) is 70.6 Å². The first-order valence-electron chi connectivity index (χ1n) is 18.8. The first-order chi connectivity index (χ1) is 21.1. The van der Waals surface area contributed by atoms with E-state index < -0.39 is 11.2 Å². The molecule has 1 spiro atoms. The molecule has 12 aliphatic carbocycles. The molecule has 12 bridgehead atoms. The van der Waals surface area contributed by atoms with Crippen LogP contribution < -0.4 is 0 Å². The number of carbonyl (C=O) groups excluding carboxylic acids is 2. The van der Waals surface area contributed by atoms with Gasteiger partial charge in [-0.3, -0.25) is 9.59 Å². The molecule has 0 N–H and O–H groups in total. The number of rotatable bonds is 6. The molecule has 0 aromatic heterocycles. The summed E-state index contributed by atoms with van der Waals surface area (Å²) in [6.07, 6.45) is 20.0. The molecule has 2 atom stereocenters. The lowest BCUT2D eigenvalue weighted by Crippen LogP contribution is -2.67.